The maximum absolute atomic E-state index is 13.4. The second-order valence-electron chi connectivity index (χ2n) is 3.45. The summed E-state index contributed by atoms with van der Waals surface area (Å²) in [6, 6.07) is 5.07. The van der Waals surface area contributed by atoms with Gasteiger partial charge in [-0.05, 0) is 17.5 Å². The second-order valence-corrected chi connectivity index (χ2v) is 3.45. The zero-order valence-electron chi connectivity index (χ0n) is 9.04. The van der Waals surface area contributed by atoms with Crippen molar-refractivity contribution >= 4 is 10.8 Å². The molecule has 0 unspecified atom stereocenters. The third kappa shape index (κ3) is 2.14. The number of aromatic hydroxyl groups is 1. The highest BCUT2D eigenvalue weighted by atomic mass is 19.2. The van der Waals surface area contributed by atoms with Crippen LogP contribution in [0.4, 0.5) is 8.78 Å². The summed E-state index contributed by atoms with van der Waals surface area (Å²) in [5.74, 6) is -2.12. The summed E-state index contributed by atoms with van der Waals surface area (Å²) in [4.78, 5) is 0. The molecule has 1 N–H and O–H groups in total. The summed E-state index contributed by atoms with van der Waals surface area (Å²) >= 11 is 0. The van der Waals surface area contributed by atoms with E-state index in [1.807, 2.05) is 0 Å². The van der Waals surface area contributed by atoms with Crippen LogP contribution in [-0.4, -0.2) is 19.0 Å². The van der Waals surface area contributed by atoms with Crippen molar-refractivity contribution < 1.29 is 23.4 Å². The third-order valence-electron chi connectivity index (χ3n) is 2.30. The number of fused-ring (bicyclic) bond motifs is 1. The molecule has 5 heteroatoms. The molecule has 0 aliphatic carbocycles. The van der Waals surface area contributed by atoms with Gasteiger partial charge in [-0.25, -0.2) is 8.78 Å². The van der Waals surface area contributed by atoms with Crippen molar-refractivity contribution in [1.82, 2.24) is 0 Å². The minimum absolute atomic E-state index is 0.00856. The zero-order valence-corrected chi connectivity index (χ0v) is 9.04. The fourth-order valence-electron chi connectivity index (χ4n) is 1.56. The van der Waals surface area contributed by atoms with Gasteiger partial charge in [0.1, 0.15) is 11.5 Å². The molecule has 2 aromatic rings. The first-order chi connectivity index (χ1) is 8.13. The van der Waals surface area contributed by atoms with Crippen molar-refractivity contribution in [2.24, 2.45) is 0 Å². The van der Waals surface area contributed by atoms with Gasteiger partial charge >= 0.3 is 0 Å². The van der Waals surface area contributed by atoms with Crippen LogP contribution in [0.15, 0.2) is 24.3 Å². The second kappa shape index (κ2) is 4.55. The minimum Gasteiger partial charge on any atom is -0.507 e. The number of benzene rings is 2. The molecule has 0 fully saturated rings. The van der Waals surface area contributed by atoms with Crippen molar-refractivity contribution in [2.45, 2.75) is 0 Å². The summed E-state index contributed by atoms with van der Waals surface area (Å²) in [5.41, 5.74) is 0. The topological polar surface area (TPSA) is 38.7 Å². The van der Waals surface area contributed by atoms with E-state index in [0.29, 0.717) is 11.1 Å². The Balaban J connectivity index is 2.56. The van der Waals surface area contributed by atoms with Crippen LogP contribution in [0.3, 0.4) is 0 Å². The molecule has 2 rings (SSSR count). The highest BCUT2D eigenvalue weighted by Gasteiger charge is 2.12. The van der Waals surface area contributed by atoms with Gasteiger partial charge in [0.2, 0.25) is 0 Å². The summed E-state index contributed by atoms with van der Waals surface area (Å²) in [6.45, 7) is 0.00856. The average molecular weight is 240 g/mol. The lowest BCUT2D eigenvalue weighted by atomic mass is 10.1. The minimum atomic E-state index is -1.07. The number of phenolic OH excluding ortho intramolecular Hbond substituents is 1. The van der Waals surface area contributed by atoms with Crippen LogP contribution in [0.25, 0.3) is 10.8 Å². The number of halogens is 2. The third-order valence-corrected chi connectivity index (χ3v) is 2.30. The van der Waals surface area contributed by atoms with E-state index in [9.17, 15) is 13.9 Å². The van der Waals surface area contributed by atoms with Crippen molar-refractivity contribution in [2.75, 3.05) is 13.9 Å². The van der Waals surface area contributed by atoms with E-state index in [4.69, 9.17) is 9.47 Å². The molecular weight excluding hydrogens is 230 g/mol. The van der Waals surface area contributed by atoms with Crippen LogP contribution < -0.4 is 4.74 Å². The van der Waals surface area contributed by atoms with Gasteiger partial charge in [0.15, 0.2) is 18.4 Å². The normalized spacial score (nSPS) is 10.8. The van der Waals surface area contributed by atoms with Crippen molar-refractivity contribution in [1.29, 1.82) is 0 Å². The molecule has 0 bridgehead atoms. The van der Waals surface area contributed by atoms with Crippen LogP contribution in [0.2, 0.25) is 0 Å². The molecule has 90 valence electrons. The lowest BCUT2D eigenvalue weighted by Crippen LogP contribution is -1.99. The standard InChI is InChI=1S/C12H10F2O3/c1-16-6-17-8-4-7-2-3-9(13)12(14)11(7)10(15)5-8/h2-5,15H,6H2,1H3. The lowest BCUT2D eigenvalue weighted by Gasteiger charge is -2.08. The van der Waals surface area contributed by atoms with E-state index in [0.717, 1.165) is 6.07 Å². The lowest BCUT2D eigenvalue weighted by molar-refractivity contribution is 0.0511. The number of phenols is 1. The quantitative estimate of drug-likeness (QED) is 0.838. The number of ether oxygens (including phenoxy) is 2. The fourth-order valence-corrected chi connectivity index (χ4v) is 1.56. The van der Waals surface area contributed by atoms with Gasteiger partial charge in [-0.15, -0.1) is 0 Å². The predicted molar refractivity (Wildman–Crippen MR) is 58.0 cm³/mol. The van der Waals surface area contributed by atoms with Gasteiger partial charge < -0.3 is 14.6 Å². The predicted octanol–water partition coefficient (Wildman–Crippen LogP) is 2.81. The Hall–Kier alpha value is -1.88. The number of hydrogen-bond donors (Lipinski definition) is 1. The monoisotopic (exact) mass is 240 g/mol. The van der Waals surface area contributed by atoms with Gasteiger partial charge in [-0.1, -0.05) is 6.07 Å². The molecule has 0 aliphatic heterocycles. The van der Waals surface area contributed by atoms with Crippen molar-refractivity contribution in [3.8, 4) is 11.5 Å². The summed E-state index contributed by atoms with van der Waals surface area (Å²) < 4.78 is 36.3. The molecule has 2 aromatic carbocycles. The Morgan fingerprint density at radius 2 is 2.00 bits per heavy atom. The SMILES string of the molecule is COCOc1cc(O)c2c(F)c(F)ccc2c1. The molecule has 0 saturated carbocycles. The molecule has 0 heterocycles. The smallest absolute Gasteiger partial charge is 0.188 e. The highest BCUT2D eigenvalue weighted by molar-refractivity contribution is 5.90. The molecule has 0 atom stereocenters. The Kier molecular flexibility index (Phi) is 3.10. The molecule has 0 aliphatic rings. The van der Waals surface area contributed by atoms with Crippen LogP contribution in [-0.2, 0) is 4.74 Å². The Bertz CT molecular complexity index is 555. The molecule has 0 amide bonds. The van der Waals surface area contributed by atoms with Crippen LogP contribution in [0.5, 0.6) is 11.5 Å². The van der Waals surface area contributed by atoms with E-state index < -0.39 is 11.6 Å². The maximum Gasteiger partial charge on any atom is 0.188 e. The summed E-state index contributed by atoms with van der Waals surface area (Å²) in [5, 5.41) is 9.83. The Labute approximate surface area is 96.2 Å². The average Bonchev–Trinajstić information content (AvgIpc) is 2.31. The van der Waals surface area contributed by atoms with Crippen LogP contribution in [0, 0.1) is 11.6 Å². The van der Waals surface area contributed by atoms with Crippen molar-refractivity contribution in [3.63, 3.8) is 0 Å². The largest absolute Gasteiger partial charge is 0.507 e. The zero-order chi connectivity index (χ0) is 12.4. The van der Waals surface area contributed by atoms with Gasteiger partial charge in [-0.2, -0.15) is 0 Å². The molecule has 3 nitrogen and oxygen atoms in total. The van der Waals surface area contributed by atoms with E-state index in [1.165, 1.54) is 25.3 Å². The van der Waals surface area contributed by atoms with E-state index in [-0.39, 0.29) is 17.9 Å². The van der Waals surface area contributed by atoms with E-state index >= 15 is 0 Å². The number of hydrogen-bond acceptors (Lipinski definition) is 3. The molecule has 0 radical (unpaired) electrons. The molecule has 0 spiro atoms. The Morgan fingerprint density at radius 3 is 2.71 bits per heavy atom. The fraction of sp³-hybridized carbons (Fsp3) is 0.167. The van der Waals surface area contributed by atoms with E-state index in [1.54, 1.807) is 0 Å². The van der Waals surface area contributed by atoms with Gasteiger partial charge in [-0.3, -0.25) is 0 Å². The maximum atomic E-state index is 13.4. The van der Waals surface area contributed by atoms with Gasteiger partial charge in [0.25, 0.3) is 0 Å². The number of rotatable bonds is 3. The van der Waals surface area contributed by atoms with E-state index in [2.05, 4.69) is 0 Å². The summed E-state index contributed by atoms with van der Waals surface area (Å²) in [6.07, 6.45) is 0. The Morgan fingerprint density at radius 1 is 1.24 bits per heavy atom. The van der Waals surface area contributed by atoms with Crippen molar-refractivity contribution in [3.05, 3.63) is 35.9 Å². The number of methoxy groups -OCH3 is 1. The first-order valence-electron chi connectivity index (χ1n) is 4.86. The molecule has 0 aromatic heterocycles. The highest BCUT2D eigenvalue weighted by Crippen LogP contribution is 2.33. The van der Waals surface area contributed by atoms with Gasteiger partial charge in [0, 0.05) is 13.2 Å². The van der Waals surface area contributed by atoms with Crippen LogP contribution in [0.1, 0.15) is 0 Å². The molecular formula is C12H10F2O3. The summed E-state index contributed by atoms with van der Waals surface area (Å²) in [7, 11) is 1.45. The first-order valence-corrected chi connectivity index (χ1v) is 4.86. The molecule has 17 heavy (non-hydrogen) atoms. The molecule has 0 saturated heterocycles. The first kappa shape index (κ1) is 11.6. The van der Waals surface area contributed by atoms with Crippen LogP contribution >= 0.6 is 0 Å². The van der Waals surface area contributed by atoms with Gasteiger partial charge in [0.05, 0.1) is 5.39 Å².